The second-order valence-electron chi connectivity index (χ2n) is 6.42. The SMILES string of the molecule is CCNC(C)C(C)(C)CN1CCCc2ccccc21. The van der Waals surface area contributed by atoms with Crippen LogP contribution in [0.2, 0.25) is 0 Å². The van der Waals surface area contributed by atoms with Gasteiger partial charge in [-0.15, -0.1) is 0 Å². The predicted octanol–water partition coefficient (Wildman–Crippen LogP) is 3.46. The maximum Gasteiger partial charge on any atom is 0.0398 e. The van der Waals surface area contributed by atoms with E-state index in [9.17, 15) is 0 Å². The van der Waals surface area contributed by atoms with Crippen LogP contribution in [0, 0.1) is 5.41 Å². The first kappa shape index (κ1) is 14.4. The summed E-state index contributed by atoms with van der Waals surface area (Å²) in [5, 5.41) is 3.57. The van der Waals surface area contributed by atoms with Gasteiger partial charge in [0.1, 0.15) is 0 Å². The van der Waals surface area contributed by atoms with Crippen LogP contribution >= 0.6 is 0 Å². The molecule has 19 heavy (non-hydrogen) atoms. The lowest BCUT2D eigenvalue weighted by Gasteiger charge is -2.41. The van der Waals surface area contributed by atoms with Gasteiger partial charge in [-0.2, -0.15) is 0 Å². The average Bonchev–Trinajstić information content (AvgIpc) is 2.39. The molecular weight excluding hydrogens is 232 g/mol. The molecule has 1 aromatic rings. The first-order chi connectivity index (χ1) is 9.04. The van der Waals surface area contributed by atoms with Crippen molar-refractivity contribution in [3.63, 3.8) is 0 Å². The van der Waals surface area contributed by atoms with Crippen LogP contribution in [0.4, 0.5) is 5.69 Å². The number of fused-ring (bicyclic) bond motifs is 1. The molecule has 1 N–H and O–H groups in total. The number of hydrogen-bond acceptors (Lipinski definition) is 2. The summed E-state index contributed by atoms with van der Waals surface area (Å²) < 4.78 is 0. The predicted molar refractivity (Wildman–Crippen MR) is 83.9 cm³/mol. The lowest BCUT2D eigenvalue weighted by molar-refractivity contribution is 0.262. The van der Waals surface area contributed by atoms with E-state index < -0.39 is 0 Å². The monoisotopic (exact) mass is 260 g/mol. The summed E-state index contributed by atoms with van der Waals surface area (Å²) in [6.07, 6.45) is 2.51. The highest BCUT2D eigenvalue weighted by molar-refractivity contribution is 5.55. The molecule has 1 unspecified atom stereocenters. The fraction of sp³-hybridized carbons (Fsp3) is 0.647. The molecule has 1 heterocycles. The van der Waals surface area contributed by atoms with Crippen molar-refractivity contribution < 1.29 is 0 Å². The normalized spacial score (nSPS) is 17.2. The van der Waals surface area contributed by atoms with E-state index >= 15 is 0 Å². The summed E-state index contributed by atoms with van der Waals surface area (Å²) in [5.41, 5.74) is 3.24. The largest absolute Gasteiger partial charge is 0.371 e. The minimum Gasteiger partial charge on any atom is -0.371 e. The van der Waals surface area contributed by atoms with E-state index in [0.717, 1.165) is 13.1 Å². The number of nitrogens with one attached hydrogen (secondary N) is 1. The molecule has 2 heteroatoms. The third kappa shape index (κ3) is 3.30. The Morgan fingerprint density at radius 1 is 1.32 bits per heavy atom. The summed E-state index contributed by atoms with van der Waals surface area (Å²) in [6, 6.07) is 9.42. The lowest BCUT2D eigenvalue weighted by Crippen LogP contribution is -2.48. The van der Waals surface area contributed by atoms with E-state index in [-0.39, 0.29) is 5.41 Å². The van der Waals surface area contributed by atoms with Crippen LogP contribution in [-0.4, -0.2) is 25.7 Å². The topological polar surface area (TPSA) is 15.3 Å². The molecular formula is C17H28N2. The Morgan fingerprint density at radius 3 is 2.79 bits per heavy atom. The Morgan fingerprint density at radius 2 is 2.05 bits per heavy atom. The van der Waals surface area contributed by atoms with Crippen LogP contribution in [0.15, 0.2) is 24.3 Å². The van der Waals surface area contributed by atoms with Gasteiger partial charge >= 0.3 is 0 Å². The highest BCUT2D eigenvalue weighted by atomic mass is 15.1. The van der Waals surface area contributed by atoms with Crippen molar-refractivity contribution in [2.45, 2.75) is 46.6 Å². The quantitative estimate of drug-likeness (QED) is 0.872. The second-order valence-corrected chi connectivity index (χ2v) is 6.42. The van der Waals surface area contributed by atoms with Crippen molar-refractivity contribution >= 4 is 5.69 Å². The standard InChI is InChI=1S/C17H28N2/c1-5-18-14(2)17(3,4)13-19-12-8-10-15-9-6-7-11-16(15)19/h6-7,9,11,14,18H,5,8,10,12-13H2,1-4H3. The van der Waals surface area contributed by atoms with Crippen molar-refractivity contribution in [1.82, 2.24) is 5.32 Å². The number of nitrogens with zero attached hydrogens (tertiary/aromatic N) is 1. The second kappa shape index (κ2) is 5.96. The van der Waals surface area contributed by atoms with Gasteiger partial charge in [0.05, 0.1) is 0 Å². The van der Waals surface area contributed by atoms with Crippen LogP contribution in [0.25, 0.3) is 0 Å². The van der Waals surface area contributed by atoms with Crippen molar-refractivity contribution in [2.75, 3.05) is 24.5 Å². The zero-order valence-corrected chi connectivity index (χ0v) is 12.9. The molecule has 0 radical (unpaired) electrons. The number of para-hydroxylation sites is 1. The van der Waals surface area contributed by atoms with Crippen molar-refractivity contribution in [3.8, 4) is 0 Å². The molecule has 0 aliphatic carbocycles. The molecule has 0 fully saturated rings. The molecule has 106 valence electrons. The molecule has 0 bridgehead atoms. The summed E-state index contributed by atoms with van der Waals surface area (Å²) in [7, 11) is 0. The van der Waals surface area contributed by atoms with Gasteiger partial charge in [0.15, 0.2) is 0 Å². The summed E-state index contributed by atoms with van der Waals surface area (Å²) in [5.74, 6) is 0. The van der Waals surface area contributed by atoms with Crippen molar-refractivity contribution in [3.05, 3.63) is 29.8 Å². The third-order valence-corrected chi connectivity index (χ3v) is 4.49. The Balaban J connectivity index is 2.12. The maximum absolute atomic E-state index is 3.57. The van der Waals surface area contributed by atoms with Gasteiger partial charge in [-0.25, -0.2) is 0 Å². The molecule has 1 aromatic carbocycles. The van der Waals surface area contributed by atoms with Gasteiger partial charge in [0, 0.05) is 24.8 Å². The van der Waals surface area contributed by atoms with Crippen molar-refractivity contribution in [2.24, 2.45) is 5.41 Å². The Hall–Kier alpha value is -1.02. The first-order valence-corrected chi connectivity index (χ1v) is 7.61. The smallest absolute Gasteiger partial charge is 0.0398 e. The fourth-order valence-electron chi connectivity index (χ4n) is 2.99. The first-order valence-electron chi connectivity index (χ1n) is 7.61. The van der Waals surface area contributed by atoms with Crippen LogP contribution in [0.5, 0.6) is 0 Å². The lowest BCUT2D eigenvalue weighted by atomic mass is 9.84. The summed E-state index contributed by atoms with van der Waals surface area (Å²) in [6.45, 7) is 12.6. The van der Waals surface area contributed by atoms with E-state index in [4.69, 9.17) is 0 Å². The zero-order chi connectivity index (χ0) is 13.9. The van der Waals surface area contributed by atoms with Gasteiger partial charge in [-0.3, -0.25) is 0 Å². The zero-order valence-electron chi connectivity index (χ0n) is 12.9. The molecule has 2 nitrogen and oxygen atoms in total. The molecule has 0 aromatic heterocycles. The highest BCUT2D eigenvalue weighted by Gasteiger charge is 2.29. The number of anilines is 1. The summed E-state index contributed by atoms with van der Waals surface area (Å²) in [4.78, 5) is 2.58. The van der Waals surface area contributed by atoms with Crippen LogP contribution in [-0.2, 0) is 6.42 Å². The Kier molecular flexibility index (Phi) is 4.51. The van der Waals surface area contributed by atoms with E-state index in [1.54, 1.807) is 0 Å². The van der Waals surface area contributed by atoms with Crippen molar-refractivity contribution in [1.29, 1.82) is 0 Å². The van der Waals surface area contributed by atoms with Crippen LogP contribution in [0.1, 0.15) is 39.7 Å². The molecule has 1 atom stereocenters. The third-order valence-electron chi connectivity index (χ3n) is 4.49. The highest BCUT2D eigenvalue weighted by Crippen LogP contribution is 2.31. The van der Waals surface area contributed by atoms with Crippen LogP contribution in [0.3, 0.4) is 0 Å². The molecule has 0 saturated carbocycles. The minimum atomic E-state index is 0.278. The number of benzene rings is 1. The Labute approximate surface area is 118 Å². The molecule has 1 aliphatic rings. The van der Waals surface area contributed by atoms with Gasteiger partial charge < -0.3 is 10.2 Å². The van der Waals surface area contributed by atoms with E-state index in [0.29, 0.717) is 6.04 Å². The number of aryl methyl sites for hydroxylation is 1. The Bertz CT molecular complexity index is 411. The fourth-order valence-corrected chi connectivity index (χ4v) is 2.99. The molecule has 1 aliphatic heterocycles. The maximum atomic E-state index is 3.57. The van der Waals surface area contributed by atoms with E-state index in [1.165, 1.54) is 30.6 Å². The number of hydrogen-bond donors (Lipinski definition) is 1. The van der Waals surface area contributed by atoms with Gasteiger partial charge in [0.25, 0.3) is 0 Å². The molecule has 0 spiro atoms. The van der Waals surface area contributed by atoms with Gasteiger partial charge in [-0.1, -0.05) is 39.0 Å². The molecule has 0 amide bonds. The van der Waals surface area contributed by atoms with Crippen LogP contribution < -0.4 is 10.2 Å². The van der Waals surface area contributed by atoms with E-state index in [1.807, 2.05) is 0 Å². The van der Waals surface area contributed by atoms with Gasteiger partial charge in [0.2, 0.25) is 0 Å². The average molecular weight is 260 g/mol. The number of rotatable bonds is 5. The molecule has 2 rings (SSSR count). The molecule has 0 saturated heterocycles. The minimum absolute atomic E-state index is 0.278. The van der Waals surface area contributed by atoms with E-state index in [2.05, 4.69) is 62.2 Å². The summed E-state index contributed by atoms with van der Waals surface area (Å²) >= 11 is 0. The van der Waals surface area contributed by atoms with Gasteiger partial charge in [-0.05, 0) is 43.4 Å².